The van der Waals surface area contributed by atoms with E-state index in [1.165, 1.54) is 12.1 Å². The lowest BCUT2D eigenvalue weighted by atomic mass is 10.1. The Labute approximate surface area is 121 Å². The van der Waals surface area contributed by atoms with Crippen LogP contribution < -0.4 is 5.73 Å². The summed E-state index contributed by atoms with van der Waals surface area (Å²) in [4.78, 5) is 0. The molecule has 0 saturated carbocycles. The molecule has 0 unspecified atom stereocenters. The highest BCUT2D eigenvalue weighted by molar-refractivity contribution is 6.33. The monoisotopic (exact) mass is 295 g/mol. The lowest BCUT2D eigenvalue weighted by Gasteiger charge is -2.22. The smallest absolute Gasteiger partial charge is 0.133 e. The predicted octanol–water partition coefficient (Wildman–Crippen LogP) is 3.28. The second-order valence-corrected chi connectivity index (χ2v) is 5.31. The minimum absolute atomic E-state index is 0.240. The van der Waals surface area contributed by atoms with Crippen LogP contribution in [-0.4, -0.2) is 23.0 Å². The fourth-order valence-corrected chi connectivity index (χ4v) is 2.57. The number of halogens is 2. The van der Waals surface area contributed by atoms with Crippen LogP contribution in [0.15, 0.2) is 24.5 Å². The molecule has 0 aliphatic carbocycles. The number of ether oxygens (including phenoxy) is 1. The number of nitrogen functional groups attached to an aromatic ring is 1. The summed E-state index contributed by atoms with van der Waals surface area (Å²) < 4.78 is 21.2. The SMILES string of the molecule is Nc1cc(F)c(-c2cnn(C3CCOCC3)c2)cc1Cl. The van der Waals surface area contributed by atoms with Gasteiger partial charge in [0.1, 0.15) is 5.82 Å². The van der Waals surface area contributed by atoms with E-state index in [-0.39, 0.29) is 5.69 Å². The van der Waals surface area contributed by atoms with Crippen molar-refractivity contribution in [3.63, 3.8) is 0 Å². The van der Waals surface area contributed by atoms with E-state index in [0.717, 1.165) is 26.1 Å². The van der Waals surface area contributed by atoms with Gasteiger partial charge in [-0.1, -0.05) is 11.6 Å². The summed E-state index contributed by atoms with van der Waals surface area (Å²) in [6.45, 7) is 1.48. The minimum atomic E-state index is -0.390. The van der Waals surface area contributed by atoms with E-state index in [2.05, 4.69) is 5.10 Å². The van der Waals surface area contributed by atoms with Crippen LogP contribution in [0.4, 0.5) is 10.1 Å². The normalized spacial score (nSPS) is 16.5. The van der Waals surface area contributed by atoms with E-state index < -0.39 is 5.82 Å². The molecule has 2 heterocycles. The highest BCUT2D eigenvalue weighted by atomic mass is 35.5. The van der Waals surface area contributed by atoms with Gasteiger partial charge in [0.25, 0.3) is 0 Å². The Morgan fingerprint density at radius 2 is 2.10 bits per heavy atom. The largest absolute Gasteiger partial charge is 0.397 e. The van der Waals surface area contributed by atoms with E-state index in [0.29, 0.717) is 22.2 Å². The van der Waals surface area contributed by atoms with Crippen molar-refractivity contribution in [2.75, 3.05) is 18.9 Å². The Balaban J connectivity index is 1.91. The molecule has 1 aromatic heterocycles. The van der Waals surface area contributed by atoms with Crippen LogP contribution in [0.1, 0.15) is 18.9 Å². The summed E-state index contributed by atoms with van der Waals surface area (Å²) in [7, 11) is 0. The third kappa shape index (κ3) is 2.51. The van der Waals surface area contributed by atoms with Gasteiger partial charge in [0.15, 0.2) is 0 Å². The molecule has 0 atom stereocenters. The van der Waals surface area contributed by atoms with Crippen molar-refractivity contribution in [3.05, 3.63) is 35.4 Å². The summed E-state index contributed by atoms with van der Waals surface area (Å²) >= 11 is 5.96. The molecule has 0 radical (unpaired) electrons. The Kier molecular flexibility index (Phi) is 3.63. The highest BCUT2D eigenvalue weighted by Gasteiger charge is 2.18. The molecular weight excluding hydrogens is 281 g/mol. The number of aromatic nitrogens is 2. The maximum atomic E-state index is 14.0. The maximum Gasteiger partial charge on any atom is 0.133 e. The summed E-state index contributed by atoms with van der Waals surface area (Å²) in [5.41, 5.74) is 6.95. The van der Waals surface area contributed by atoms with Gasteiger partial charge in [0.2, 0.25) is 0 Å². The first-order chi connectivity index (χ1) is 9.65. The fourth-order valence-electron chi connectivity index (χ4n) is 2.41. The zero-order chi connectivity index (χ0) is 14.1. The molecule has 0 amide bonds. The summed E-state index contributed by atoms with van der Waals surface area (Å²) in [6.07, 6.45) is 5.35. The van der Waals surface area contributed by atoms with Crippen LogP contribution >= 0.6 is 11.6 Å². The second kappa shape index (κ2) is 5.42. The summed E-state index contributed by atoms with van der Waals surface area (Å²) in [5.74, 6) is -0.390. The van der Waals surface area contributed by atoms with E-state index in [4.69, 9.17) is 22.1 Å². The Hall–Kier alpha value is -1.59. The molecule has 1 fully saturated rings. The van der Waals surface area contributed by atoms with Gasteiger partial charge in [-0.05, 0) is 25.0 Å². The van der Waals surface area contributed by atoms with Crippen LogP contribution in [0.3, 0.4) is 0 Å². The van der Waals surface area contributed by atoms with Gasteiger partial charge in [-0.3, -0.25) is 4.68 Å². The molecule has 0 spiro atoms. The second-order valence-electron chi connectivity index (χ2n) is 4.91. The van der Waals surface area contributed by atoms with E-state index >= 15 is 0 Å². The fraction of sp³-hybridized carbons (Fsp3) is 0.357. The minimum Gasteiger partial charge on any atom is -0.397 e. The lowest BCUT2D eigenvalue weighted by Crippen LogP contribution is -2.19. The van der Waals surface area contributed by atoms with Gasteiger partial charge < -0.3 is 10.5 Å². The Morgan fingerprint density at radius 1 is 1.35 bits per heavy atom. The first-order valence-corrected chi connectivity index (χ1v) is 6.90. The predicted molar refractivity (Wildman–Crippen MR) is 76.1 cm³/mol. The molecule has 2 N–H and O–H groups in total. The molecule has 1 saturated heterocycles. The van der Waals surface area contributed by atoms with E-state index in [9.17, 15) is 4.39 Å². The third-order valence-electron chi connectivity index (χ3n) is 3.56. The van der Waals surface area contributed by atoms with Crippen LogP contribution in [0.5, 0.6) is 0 Å². The Bertz CT molecular complexity index is 623. The van der Waals surface area contributed by atoms with Crippen molar-refractivity contribution < 1.29 is 9.13 Å². The van der Waals surface area contributed by atoms with Gasteiger partial charge in [-0.2, -0.15) is 5.10 Å². The molecule has 1 aromatic carbocycles. The number of nitrogens with zero attached hydrogens (tertiary/aromatic N) is 2. The van der Waals surface area contributed by atoms with Crippen LogP contribution in [-0.2, 0) is 4.74 Å². The molecule has 0 bridgehead atoms. The third-order valence-corrected chi connectivity index (χ3v) is 3.89. The quantitative estimate of drug-likeness (QED) is 0.865. The maximum absolute atomic E-state index is 14.0. The number of hydrogen-bond acceptors (Lipinski definition) is 3. The number of hydrogen-bond donors (Lipinski definition) is 1. The molecule has 6 heteroatoms. The van der Waals surface area contributed by atoms with Crippen molar-refractivity contribution in [1.29, 1.82) is 0 Å². The zero-order valence-electron chi connectivity index (χ0n) is 10.9. The van der Waals surface area contributed by atoms with Crippen molar-refractivity contribution in [2.45, 2.75) is 18.9 Å². The van der Waals surface area contributed by atoms with Crippen molar-refractivity contribution in [3.8, 4) is 11.1 Å². The van der Waals surface area contributed by atoms with Gasteiger partial charge in [0.05, 0.1) is 22.9 Å². The van der Waals surface area contributed by atoms with Gasteiger partial charge in [-0.15, -0.1) is 0 Å². The molecule has 2 aromatic rings. The van der Waals surface area contributed by atoms with Crippen molar-refractivity contribution >= 4 is 17.3 Å². The number of benzene rings is 1. The van der Waals surface area contributed by atoms with Gasteiger partial charge in [0, 0.05) is 30.5 Å². The lowest BCUT2D eigenvalue weighted by molar-refractivity contribution is 0.0662. The molecule has 1 aliphatic rings. The highest BCUT2D eigenvalue weighted by Crippen LogP contribution is 2.31. The number of anilines is 1. The molecular formula is C14H15ClFN3O. The van der Waals surface area contributed by atoms with Crippen molar-refractivity contribution in [2.24, 2.45) is 0 Å². The first kappa shape index (κ1) is 13.4. The summed E-state index contributed by atoms with van der Waals surface area (Å²) in [6, 6.07) is 3.09. The molecule has 3 rings (SSSR count). The zero-order valence-corrected chi connectivity index (χ0v) is 11.6. The average molecular weight is 296 g/mol. The Morgan fingerprint density at radius 3 is 2.85 bits per heavy atom. The standard InChI is InChI=1S/C14H15ClFN3O/c15-12-5-11(13(16)6-14(12)17)9-7-18-19(8-9)10-1-3-20-4-2-10/h5-8,10H,1-4,17H2. The topological polar surface area (TPSA) is 53.1 Å². The van der Waals surface area contributed by atoms with Crippen LogP contribution in [0.25, 0.3) is 11.1 Å². The van der Waals surface area contributed by atoms with Gasteiger partial charge in [-0.25, -0.2) is 4.39 Å². The van der Waals surface area contributed by atoms with Gasteiger partial charge >= 0.3 is 0 Å². The van der Waals surface area contributed by atoms with E-state index in [1.807, 2.05) is 10.9 Å². The summed E-state index contributed by atoms with van der Waals surface area (Å²) in [5, 5.41) is 4.68. The van der Waals surface area contributed by atoms with E-state index in [1.54, 1.807) is 6.20 Å². The molecule has 106 valence electrons. The van der Waals surface area contributed by atoms with Crippen LogP contribution in [0, 0.1) is 5.82 Å². The number of rotatable bonds is 2. The molecule has 20 heavy (non-hydrogen) atoms. The average Bonchev–Trinajstić information content (AvgIpc) is 2.93. The molecule has 1 aliphatic heterocycles. The van der Waals surface area contributed by atoms with Crippen molar-refractivity contribution in [1.82, 2.24) is 9.78 Å². The first-order valence-electron chi connectivity index (χ1n) is 6.52. The number of nitrogens with two attached hydrogens (primary N) is 1. The molecule has 4 nitrogen and oxygen atoms in total. The van der Waals surface area contributed by atoms with Crippen LogP contribution in [0.2, 0.25) is 5.02 Å².